The number of methoxy groups -OCH3 is 1. The highest BCUT2D eigenvalue weighted by molar-refractivity contribution is 7.92. The fourth-order valence-electron chi connectivity index (χ4n) is 3.88. The molecule has 27 heavy (non-hydrogen) atoms. The lowest BCUT2D eigenvalue weighted by Crippen LogP contribution is -2.63. The number of piperidine rings is 1. The summed E-state index contributed by atoms with van der Waals surface area (Å²) in [6.45, 7) is 1.73. The zero-order valence-electron chi connectivity index (χ0n) is 14.7. The largest absolute Gasteiger partial charge is 0.493 e. The Hall–Kier alpha value is -2.25. The van der Waals surface area contributed by atoms with Crippen molar-refractivity contribution in [3.8, 4) is 11.5 Å². The number of sulfone groups is 1. The smallest absolute Gasteiger partial charge is 0.242 e. The van der Waals surface area contributed by atoms with Gasteiger partial charge < -0.3 is 14.8 Å². The summed E-state index contributed by atoms with van der Waals surface area (Å²) in [5, 5.41) is 1.90. The number of benzene rings is 2. The van der Waals surface area contributed by atoms with Gasteiger partial charge in [0.2, 0.25) is 5.91 Å². The molecule has 2 aliphatic heterocycles. The van der Waals surface area contributed by atoms with Gasteiger partial charge in [-0.3, -0.25) is 4.79 Å². The summed E-state index contributed by atoms with van der Waals surface area (Å²) in [4.78, 5) is 12.9. The second kappa shape index (κ2) is 6.14. The van der Waals surface area contributed by atoms with Gasteiger partial charge in [-0.2, -0.15) is 0 Å². The number of nitrogens with one attached hydrogen (secondary N) is 1. The molecule has 1 saturated heterocycles. The number of carbonyl (C=O) groups is 1. The van der Waals surface area contributed by atoms with Gasteiger partial charge in [0.25, 0.3) is 0 Å². The van der Waals surface area contributed by atoms with Gasteiger partial charge in [-0.05, 0) is 37.3 Å². The Bertz CT molecular complexity index is 1020. The molecular formula is C19H18ClNO5S. The first kappa shape index (κ1) is 18.1. The maximum Gasteiger partial charge on any atom is 0.242 e. The van der Waals surface area contributed by atoms with E-state index >= 15 is 0 Å². The van der Waals surface area contributed by atoms with E-state index < -0.39 is 32.6 Å². The van der Waals surface area contributed by atoms with Crippen LogP contribution in [0.2, 0.25) is 5.02 Å². The minimum Gasteiger partial charge on any atom is -0.493 e. The van der Waals surface area contributed by atoms with Crippen LogP contribution < -0.4 is 14.8 Å². The van der Waals surface area contributed by atoms with E-state index in [1.165, 1.54) is 31.4 Å². The molecule has 3 atom stereocenters. The number of hydrogen-bond donors (Lipinski definition) is 1. The van der Waals surface area contributed by atoms with Crippen LogP contribution >= 0.6 is 11.6 Å². The van der Waals surface area contributed by atoms with Gasteiger partial charge in [0.1, 0.15) is 0 Å². The molecule has 6 nitrogen and oxygen atoms in total. The van der Waals surface area contributed by atoms with Crippen LogP contribution in [0, 0.1) is 0 Å². The molecule has 2 heterocycles. The summed E-state index contributed by atoms with van der Waals surface area (Å²) in [6, 6.07) is 11.1. The first-order valence-electron chi connectivity index (χ1n) is 8.42. The van der Waals surface area contributed by atoms with Crippen molar-refractivity contribution in [2.24, 2.45) is 0 Å². The fourth-order valence-corrected chi connectivity index (χ4v) is 5.83. The highest BCUT2D eigenvalue weighted by Crippen LogP contribution is 2.50. The van der Waals surface area contributed by atoms with Crippen molar-refractivity contribution < 1.29 is 22.7 Å². The Morgan fingerprint density at radius 2 is 1.93 bits per heavy atom. The molecule has 0 radical (unpaired) electrons. The fraction of sp³-hybridized carbons (Fsp3) is 0.316. The van der Waals surface area contributed by atoms with Gasteiger partial charge in [0, 0.05) is 22.9 Å². The van der Waals surface area contributed by atoms with E-state index in [-0.39, 0.29) is 4.90 Å². The molecule has 0 aromatic heterocycles. The monoisotopic (exact) mass is 407 g/mol. The number of ether oxygens (including phenoxy) is 2. The number of rotatable bonds is 3. The third kappa shape index (κ3) is 2.85. The molecule has 1 fully saturated rings. The van der Waals surface area contributed by atoms with Crippen molar-refractivity contribution in [1.82, 2.24) is 5.32 Å². The molecular weight excluding hydrogens is 390 g/mol. The van der Waals surface area contributed by atoms with Crippen molar-refractivity contribution in [1.29, 1.82) is 0 Å². The predicted octanol–water partition coefficient (Wildman–Crippen LogP) is 2.90. The third-order valence-corrected chi connectivity index (χ3v) is 7.45. The predicted molar refractivity (Wildman–Crippen MR) is 100.0 cm³/mol. The standard InChI is InChI=1S/C19H18ClNO5S/c1-19-10-14(13-4-3-5-15(25-2)16(13)26-19)17(18(22)21-19)27(23,24)12-8-6-11(20)7-9-12/h3-9,14,17H,10H2,1-2H3,(H,21,22). The van der Waals surface area contributed by atoms with Gasteiger partial charge in [0.15, 0.2) is 32.3 Å². The lowest BCUT2D eigenvalue weighted by atomic mass is 9.81. The van der Waals surface area contributed by atoms with Crippen LogP contribution in [-0.4, -0.2) is 32.4 Å². The van der Waals surface area contributed by atoms with Crippen LogP contribution in [0.4, 0.5) is 0 Å². The molecule has 3 unspecified atom stereocenters. The SMILES string of the molecule is COc1cccc2c1OC1(C)CC2C(S(=O)(=O)c2ccc(Cl)cc2)C(=O)N1. The molecule has 4 rings (SSSR count). The zero-order valence-corrected chi connectivity index (χ0v) is 16.3. The van der Waals surface area contributed by atoms with Crippen molar-refractivity contribution in [3.63, 3.8) is 0 Å². The normalized spacial score (nSPS) is 26.6. The van der Waals surface area contributed by atoms with Crippen LogP contribution in [0.5, 0.6) is 11.5 Å². The number of halogens is 1. The second-order valence-corrected chi connectivity index (χ2v) is 9.44. The minimum absolute atomic E-state index is 0.0617. The Balaban J connectivity index is 1.87. The highest BCUT2D eigenvalue weighted by atomic mass is 35.5. The average Bonchev–Trinajstić information content (AvgIpc) is 2.60. The molecule has 2 aromatic carbocycles. The first-order valence-corrected chi connectivity index (χ1v) is 10.3. The number of carbonyl (C=O) groups excluding carboxylic acids is 1. The van der Waals surface area contributed by atoms with Crippen LogP contribution in [0.3, 0.4) is 0 Å². The van der Waals surface area contributed by atoms with Gasteiger partial charge in [-0.25, -0.2) is 8.42 Å². The highest BCUT2D eigenvalue weighted by Gasteiger charge is 2.54. The molecule has 2 aliphatic rings. The van der Waals surface area contributed by atoms with Gasteiger partial charge >= 0.3 is 0 Å². The summed E-state index contributed by atoms with van der Waals surface area (Å²) >= 11 is 5.87. The molecule has 0 spiro atoms. The number of amides is 1. The lowest BCUT2D eigenvalue weighted by Gasteiger charge is -2.47. The van der Waals surface area contributed by atoms with Crippen molar-refractivity contribution in [2.75, 3.05) is 7.11 Å². The molecule has 1 N–H and O–H groups in total. The van der Waals surface area contributed by atoms with E-state index in [2.05, 4.69) is 5.32 Å². The van der Waals surface area contributed by atoms with Gasteiger partial charge in [-0.1, -0.05) is 23.7 Å². The van der Waals surface area contributed by atoms with E-state index in [1.807, 2.05) is 0 Å². The summed E-state index contributed by atoms with van der Waals surface area (Å²) < 4.78 is 38.0. The molecule has 0 saturated carbocycles. The molecule has 1 amide bonds. The van der Waals surface area contributed by atoms with Crippen LogP contribution in [0.15, 0.2) is 47.4 Å². The van der Waals surface area contributed by atoms with Crippen molar-refractivity contribution in [2.45, 2.75) is 35.1 Å². The summed E-state index contributed by atoms with van der Waals surface area (Å²) in [5.41, 5.74) is -0.334. The maximum absolute atomic E-state index is 13.3. The molecule has 8 heteroatoms. The Kier molecular flexibility index (Phi) is 4.12. The van der Waals surface area contributed by atoms with Crippen LogP contribution in [0.25, 0.3) is 0 Å². The third-order valence-electron chi connectivity index (χ3n) is 5.05. The minimum atomic E-state index is -3.93. The first-order chi connectivity index (χ1) is 12.7. The lowest BCUT2D eigenvalue weighted by molar-refractivity contribution is -0.132. The number of fused-ring (bicyclic) bond motifs is 4. The Morgan fingerprint density at radius 3 is 2.59 bits per heavy atom. The second-order valence-electron chi connectivity index (χ2n) is 6.93. The van der Waals surface area contributed by atoms with Crippen LogP contribution in [0.1, 0.15) is 24.8 Å². The Labute approximate surface area is 162 Å². The summed E-state index contributed by atoms with van der Waals surface area (Å²) in [7, 11) is -2.41. The zero-order chi connectivity index (χ0) is 19.4. The van der Waals surface area contributed by atoms with E-state index in [1.54, 1.807) is 25.1 Å². The molecule has 2 bridgehead atoms. The molecule has 0 aliphatic carbocycles. The summed E-state index contributed by atoms with van der Waals surface area (Å²) in [6.07, 6.45) is 0.344. The van der Waals surface area contributed by atoms with Crippen molar-refractivity contribution in [3.05, 3.63) is 53.1 Å². The quantitative estimate of drug-likeness (QED) is 0.846. The van der Waals surface area contributed by atoms with Crippen LogP contribution in [-0.2, 0) is 14.6 Å². The van der Waals surface area contributed by atoms with E-state index in [0.717, 1.165) is 0 Å². The van der Waals surface area contributed by atoms with Crippen molar-refractivity contribution >= 4 is 27.3 Å². The van der Waals surface area contributed by atoms with E-state index in [4.69, 9.17) is 21.1 Å². The average molecular weight is 408 g/mol. The number of para-hydroxylation sites is 1. The summed E-state index contributed by atoms with van der Waals surface area (Å²) in [5.74, 6) is -0.155. The van der Waals surface area contributed by atoms with E-state index in [0.29, 0.717) is 28.5 Å². The molecule has 2 aromatic rings. The number of hydrogen-bond acceptors (Lipinski definition) is 5. The maximum atomic E-state index is 13.3. The van der Waals surface area contributed by atoms with E-state index in [9.17, 15) is 13.2 Å². The van der Waals surface area contributed by atoms with Gasteiger partial charge in [0.05, 0.1) is 12.0 Å². The Morgan fingerprint density at radius 1 is 1.22 bits per heavy atom. The van der Waals surface area contributed by atoms with Gasteiger partial charge in [-0.15, -0.1) is 0 Å². The topological polar surface area (TPSA) is 81.7 Å². The molecule has 142 valence electrons.